The fourth-order valence-corrected chi connectivity index (χ4v) is 4.64. The lowest BCUT2D eigenvalue weighted by Crippen LogP contribution is -2.27. The number of anilines is 1. The van der Waals surface area contributed by atoms with Crippen molar-refractivity contribution in [1.82, 2.24) is 4.98 Å². The molecule has 1 aromatic heterocycles. The lowest BCUT2D eigenvalue weighted by atomic mass is 10.0. The molecule has 140 valence electrons. The van der Waals surface area contributed by atoms with Crippen LogP contribution in [0.15, 0.2) is 47.4 Å². The van der Waals surface area contributed by atoms with Crippen LogP contribution in [0.5, 0.6) is 0 Å². The predicted octanol–water partition coefficient (Wildman–Crippen LogP) is 3.86. The van der Waals surface area contributed by atoms with Crippen LogP contribution in [-0.4, -0.2) is 32.7 Å². The van der Waals surface area contributed by atoms with Crippen molar-refractivity contribution < 1.29 is 8.42 Å². The Morgan fingerprint density at radius 3 is 2.41 bits per heavy atom. The number of para-hydroxylation sites is 1. The van der Waals surface area contributed by atoms with Gasteiger partial charge in [-0.25, -0.2) is 8.42 Å². The summed E-state index contributed by atoms with van der Waals surface area (Å²) in [5, 5.41) is 1.18. The quantitative estimate of drug-likeness (QED) is 0.677. The van der Waals surface area contributed by atoms with E-state index in [4.69, 9.17) is 4.98 Å². The third kappa shape index (κ3) is 3.32. The van der Waals surface area contributed by atoms with E-state index in [1.807, 2.05) is 18.2 Å². The Morgan fingerprint density at radius 1 is 0.963 bits per heavy atom. The molecule has 0 atom stereocenters. The molecule has 0 saturated carbocycles. The number of rotatable bonds is 2. The second-order valence-electron chi connectivity index (χ2n) is 7.38. The van der Waals surface area contributed by atoms with Crippen LogP contribution >= 0.6 is 0 Å². The molecule has 4 rings (SSSR count). The summed E-state index contributed by atoms with van der Waals surface area (Å²) in [5.41, 5.74) is 6.96. The van der Waals surface area contributed by atoms with Gasteiger partial charge in [0.05, 0.1) is 16.1 Å². The van der Waals surface area contributed by atoms with Gasteiger partial charge in [0.2, 0.25) is 0 Å². The third-order valence-corrected chi connectivity index (χ3v) is 6.68. The van der Waals surface area contributed by atoms with E-state index in [2.05, 4.69) is 36.9 Å². The summed E-state index contributed by atoms with van der Waals surface area (Å²) in [7, 11) is -3.18. The van der Waals surface area contributed by atoms with Crippen molar-refractivity contribution in [2.24, 2.45) is 0 Å². The van der Waals surface area contributed by atoms with Gasteiger partial charge in [-0.15, -0.1) is 0 Å². The Labute approximate surface area is 160 Å². The number of sulfone groups is 1. The largest absolute Gasteiger partial charge is 0.370 e. The minimum Gasteiger partial charge on any atom is -0.370 e. The first kappa shape index (κ1) is 18.0. The normalized spacial score (nSPS) is 14.9. The van der Waals surface area contributed by atoms with Crippen LogP contribution in [0.3, 0.4) is 0 Å². The average molecular weight is 381 g/mol. The minimum absolute atomic E-state index is 0.413. The van der Waals surface area contributed by atoms with Crippen molar-refractivity contribution in [3.63, 3.8) is 0 Å². The summed E-state index contributed by atoms with van der Waals surface area (Å²) in [6, 6.07) is 13.9. The first-order valence-electron chi connectivity index (χ1n) is 9.27. The maximum atomic E-state index is 11.9. The van der Waals surface area contributed by atoms with Crippen molar-refractivity contribution in [3.8, 4) is 0 Å². The number of hydrogen-bond donors (Lipinski definition) is 0. The summed E-state index contributed by atoms with van der Waals surface area (Å²) < 4.78 is 23.8. The van der Waals surface area contributed by atoms with E-state index in [1.165, 1.54) is 28.5 Å². The molecule has 0 spiro atoms. The van der Waals surface area contributed by atoms with E-state index in [-0.39, 0.29) is 0 Å². The number of nitrogens with zero attached hydrogens (tertiary/aromatic N) is 2. The average Bonchev–Trinajstić information content (AvgIpc) is 2.84. The first-order chi connectivity index (χ1) is 12.8. The molecule has 5 heteroatoms. The minimum atomic E-state index is -3.18. The molecule has 1 aliphatic heterocycles. The van der Waals surface area contributed by atoms with Gasteiger partial charge in [-0.2, -0.15) is 0 Å². The number of hydrogen-bond acceptors (Lipinski definition) is 4. The summed E-state index contributed by atoms with van der Waals surface area (Å²) >= 11 is 0. The molecule has 0 radical (unpaired) electrons. The molecule has 0 saturated heterocycles. The van der Waals surface area contributed by atoms with Crippen molar-refractivity contribution in [3.05, 3.63) is 64.8 Å². The molecule has 2 aromatic carbocycles. The maximum Gasteiger partial charge on any atom is 0.175 e. The van der Waals surface area contributed by atoms with Gasteiger partial charge < -0.3 is 4.90 Å². The van der Waals surface area contributed by atoms with E-state index in [0.29, 0.717) is 4.90 Å². The lowest BCUT2D eigenvalue weighted by molar-refractivity contribution is 0.601. The van der Waals surface area contributed by atoms with Gasteiger partial charge in [0, 0.05) is 30.4 Å². The molecule has 0 aliphatic carbocycles. The molecular formula is C22H24N2O2S. The summed E-state index contributed by atoms with van der Waals surface area (Å²) in [5.74, 6) is 0. The molecule has 1 aliphatic rings. The maximum absolute atomic E-state index is 11.9. The third-order valence-electron chi connectivity index (χ3n) is 5.57. The van der Waals surface area contributed by atoms with Crippen LogP contribution in [0.2, 0.25) is 0 Å². The number of aromatic nitrogens is 1. The second kappa shape index (κ2) is 6.64. The summed E-state index contributed by atoms with van der Waals surface area (Å²) in [6.45, 7) is 5.99. The van der Waals surface area contributed by atoms with Gasteiger partial charge in [0.1, 0.15) is 0 Å². The van der Waals surface area contributed by atoms with Crippen molar-refractivity contribution in [2.45, 2.75) is 31.6 Å². The van der Waals surface area contributed by atoms with Gasteiger partial charge in [-0.05, 0) is 61.6 Å². The number of fused-ring (bicyclic) bond motifs is 2. The summed E-state index contributed by atoms with van der Waals surface area (Å²) in [6.07, 6.45) is 3.02. The molecule has 0 fully saturated rings. The predicted molar refractivity (Wildman–Crippen MR) is 110 cm³/mol. The van der Waals surface area contributed by atoms with E-state index in [9.17, 15) is 8.42 Å². The zero-order valence-electron chi connectivity index (χ0n) is 16.0. The van der Waals surface area contributed by atoms with Crippen LogP contribution in [-0.2, 0) is 22.7 Å². The Morgan fingerprint density at radius 2 is 1.67 bits per heavy atom. The molecular weight excluding hydrogens is 356 g/mol. The standard InChI is InChI=1S/C22H24N2O2S/c1-15-16(2)23-21-7-5-4-6-20(21)22(15)24-12-10-17-8-9-19(27(3,25)26)14-18(17)11-13-24/h4-9,14H,10-13H2,1-3H3. The fourth-order valence-electron chi connectivity index (χ4n) is 3.97. The Kier molecular flexibility index (Phi) is 4.42. The molecule has 0 amide bonds. The van der Waals surface area contributed by atoms with Gasteiger partial charge in [0.25, 0.3) is 0 Å². The molecule has 4 nitrogen and oxygen atoms in total. The highest BCUT2D eigenvalue weighted by Gasteiger charge is 2.20. The molecule has 0 unspecified atom stereocenters. The number of aryl methyl sites for hydroxylation is 1. The second-order valence-corrected chi connectivity index (χ2v) is 9.39. The van der Waals surface area contributed by atoms with Gasteiger partial charge in [-0.1, -0.05) is 24.3 Å². The fraction of sp³-hybridized carbons (Fsp3) is 0.318. The smallest absolute Gasteiger partial charge is 0.175 e. The number of benzene rings is 2. The number of pyridine rings is 1. The summed E-state index contributed by atoms with van der Waals surface area (Å²) in [4.78, 5) is 7.59. The SMILES string of the molecule is Cc1nc2ccccc2c(N2CCc3ccc(S(C)(=O)=O)cc3CC2)c1C. The van der Waals surface area contributed by atoms with E-state index in [0.717, 1.165) is 42.7 Å². The van der Waals surface area contributed by atoms with Crippen LogP contribution in [0.4, 0.5) is 5.69 Å². The van der Waals surface area contributed by atoms with Crippen LogP contribution in [0, 0.1) is 13.8 Å². The zero-order valence-corrected chi connectivity index (χ0v) is 16.8. The van der Waals surface area contributed by atoms with Crippen LogP contribution in [0.25, 0.3) is 10.9 Å². The Bertz CT molecular complexity index is 1140. The molecule has 27 heavy (non-hydrogen) atoms. The van der Waals surface area contributed by atoms with E-state index >= 15 is 0 Å². The van der Waals surface area contributed by atoms with Crippen molar-refractivity contribution in [2.75, 3.05) is 24.2 Å². The monoisotopic (exact) mass is 380 g/mol. The Balaban J connectivity index is 1.74. The highest BCUT2D eigenvalue weighted by molar-refractivity contribution is 7.90. The van der Waals surface area contributed by atoms with Crippen molar-refractivity contribution in [1.29, 1.82) is 0 Å². The Hall–Kier alpha value is -2.40. The van der Waals surface area contributed by atoms with Gasteiger partial charge in [0.15, 0.2) is 9.84 Å². The van der Waals surface area contributed by atoms with Crippen LogP contribution in [0.1, 0.15) is 22.4 Å². The van der Waals surface area contributed by atoms with Gasteiger partial charge in [-0.3, -0.25) is 4.98 Å². The van der Waals surface area contributed by atoms with E-state index in [1.54, 1.807) is 6.07 Å². The lowest BCUT2D eigenvalue weighted by Gasteiger charge is -2.27. The van der Waals surface area contributed by atoms with E-state index < -0.39 is 9.84 Å². The molecule has 2 heterocycles. The van der Waals surface area contributed by atoms with Crippen LogP contribution < -0.4 is 4.90 Å². The first-order valence-corrected chi connectivity index (χ1v) is 11.2. The topological polar surface area (TPSA) is 50.3 Å². The zero-order chi connectivity index (χ0) is 19.2. The molecule has 0 bridgehead atoms. The van der Waals surface area contributed by atoms with Crippen molar-refractivity contribution >= 4 is 26.4 Å². The van der Waals surface area contributed by atoms with Gasteiger partial charge >= 0.3 is 0 Å². The molecule has 3 aromatic rings. The highest BCUT2D eigenvalue weighted by Crippen LogP contribution is 2.33. The highest BCUT2D eigenvalue weighted by atomic mass is 32.2. The molecule has 0 N–H and O–H groups in total.